The molecule has 0 aliphatic rings. The molecule has 0 amide bonds. The van der Waals surface area contributed by atoms with Gasteiger partial charge in [0.15, 0.2) is 0 Å². The predicted octanol–water partition coefficient (Wildman–Crippen LogP) is 2.04. The van der Waals surface area contributed by atoms with Gasteiger partial charge in [0.1, 0.15) is 16.8 Å². The lowest BCUT2D eigenvalue weighted by Crippen LogP contribution is -1.97. The zero-order valence-corrected chi connectivity index (χ0v) is 9.80. The number of pyridine rings is 1. The Bertz CT molecular complexity index is 554. The van der Waals surface area contributed by atoms with Crippen LogP contribution in [0, 0.1) is 0 Å². The quantitative estimate of drug-likeness (QED) is 0.753. The molecule has 2 aromatic rings. The van der Waals surface area contributed by atoms with Crippen LogP contribution in [-0.4, -0.2) is 28.7 Å². The van der Waals surface area contributed by atoms with Crippen LogP contribution < -0.4 is 4.74 Å². The van der Waals surface area contributed by atoms with E-state index in [1.165, 1.54) is 7.11 Å². The van der Waals surface area contributed by atoms with Crippen molar-refractivity contribution in [2.24, 2.45) is 0 Å². The lowest BCUT2D eigenvalue weighted by molar-refractivity contribution is 0.299. The highest BCUT2D eigenvalue weighted by molar-refractivity contribution is 5.85. The van der Waals surface area contributed by atoms with E-state index in [1.54, 1.807) is 12.4 Å². The van der Waals surface area contributed by atoms with Crippen molar-refractivity contribution in [1.82, 2.24) is 15.0 Å². The summed E-state index contributed by atoms with van der Waals surface area (Å²) in [6.45, 7) is 6.34. The summed E-state index contributed by atoms with van der Waals surface area (Å²) in [4.78, 5) is 12.4. The van der Waals surface area contributed by atoms with Gasteiger partial charge in [-0.2, -0.15) is 4.98 Å². The van der Waals surface area contributed by atoms with Crippen LogP contribution in [0.3, 0.4) is 0 Å². The zero-order chi connectivity index (χ0) is 12.3. The summed E-state index contributed by atoms with van der Waals surface area (Å²) in [5, 5.41) is 0. The summed E-state index contributed by atoms with van der Waals surface area (Å²) in [6, 6.07) is 2.11. The van der Waals surface area contributed by atoms with Gasteiger partial charge in [0.05, 0.1) is 19.9 Å². The Kier molecular flexibility index (Phi) is 3.18. The van der Waals surface area contributed by atoms with Gasteiger partial charge in [0.25, 0.3) is 0 Å². The van der Waals surface area contributed by atoms with Crippen molar-refractivity contribution < 1.29 is 9.47 Å². The van der Waals surface area contributed by atoms with Crippen LogP contribution in [0.2, 0.25) is 0 Å². The molecular weight excluding hydrogens is 218 g/mol. The Morgan fingerprint density at radius 1 is 1.41 bits per heavy atom. The number of hydrogen-bond donors (Lipinski definition) is 0. The fraction of sp³-hybridized carbons (Fsp3) is 0.250. The van der Waals surface area contributed by atoms with Crippen LogP contribution in [-0.2, 0) is 4.74 Å². The molecule has 2 heterocycles. The Balaban J connectivity index is 2.58. The fourth-order valence-electron chi connectivity index (χ4n) is 1.50. The maximum atomic E-state index is 5.39. The first-order valence-corrected chi connectivity index (χ1v) is 5.24. The van der Waals surface area contributed by atoms with Crippen molar-refractivity contribution in [2.45, 2.75) is 6.92 Å². The number of methoxy groups -OCH3 is 1. The molecular formula is C12H13N3O2. The highest BCUT2D eigenvalue weighted by Gasteiger charge is 2.09. The Hall–Kier alpha value is -2.17. The molecule has 2 aromatic heterocycles. The molecule has 0 aliphatic heterocycles. The predicted molar refractivity (Wildman–Crippen MR) is 64.5 cm³/mol. The standard InChI is InChI=1S/C12H13N3O2/c1-4-17-8(2)9-5-6-13-10-7-14-12(16-3)15-11(9)10/h5-7H,2,4H2,1,3H3. The van der Waals surface area contributed by atoms with E-state index >= 15 is 0 Å². The largest absolute Gasteiger partial charge is 0.494 e. The molecule has 0 aromatic carbocycles. The molecule has 0 saturated carbocycles. The Morgan fingerprint density at radius 2 is 2.24 bits per heavy atom. The van der Waals surface area contributed by atoms with Gasteiger partial charge < -0.3 is 9.47 Å². The van der Waals surface area contributed by atoms with Gasteiger partial charge in [-0.1, -0.05) is 6.58 Å². The average molecular weight is 231 g/mol. The minimum absolute atomic E-state index is 0.302. The first-order valence-electron chi connectivity index (χ1n) is 5.24. The molecule has 0 unspecified atom stereocenters. The highest BCUT2D eigenvalue weighted by Crippen LogP contribution is 2.22. The van der Waals surface area contributed by atoms with Gasteiger partial charge in [-0.15, -0.1) is 0 Å². The van der Waals surface area contributed by atoms with E-state index < -0.39 is 0 Å². The van der Waals surface area contributed by atoms with E-state index in [0.717, 1.165) is 5.56 Å². The summed E-state index contributed by atoms with van der Waals surface area (Å²) < 4.78 is 10.4. The van der Waals surface area contributed by atoms with Crippen LogP contribution >= 0.6 is 0 Å². The van der Waals surface area contributed by atoms with Gasteiger partial charge in [0.2, 0.25) is 0 Å². The van der Waals surface area contributed by atoms with E-state index in [0.29, 0.717) is 29.4 Å². The third kappa shape index (κ3) is 2.18. The third-order valence-corrected chi connectivity index (χ3v) is 2.26. The normalized spacial score (nSPS) is 10.2. The topological polar surface area (TPSA) is 57.1 Å². The van der Waals surface area contributed by atoms with Gasteiger partial charge in [-0.05, 0) is 13.0 Å². The van der Waals surface area contributed by atoms with Gasteiger partial charge in [0, 0.05) is 11.8 Å². The molecule has 17 heavy (non-hydrogen) atoms. The van der Waals surface area contributed by atoms with Gasteiger partial charge in [-0.25, -0.2) is 4.98 Å². The summed E-state index contributed by atoms with van der Waals surface area (Å²) >= 11 is 0. The second-order valence-corrected chi connectivity index (χ2v) is 3.31. The Morgan fingerprint density at radius 3 is 2.94 bits per heavy atom. The van der Waals surface area contributed by atoms with Crippen molar-refractivity contribution in [3.63, 3.8) is 0 Å². The van der Waals surface area contributed by atoms with Crippen LogP contribution in [0.5, 0.6) is 6.01 Å². The van der Waals surface area contributed by atoms with Crippen molar-refractivity contribution in [3.8, 4) is 6.01 Å². The zero-order valence-electron chi connectivity index (χ0n) is 9.80. The number of fused-ring (bicyclic) bond motifs is 1. The van der Waals surface area contributed by atoms with Crippen LogP contribution in [0.15, 0.2) is 25.0 Å². The lowest BCUT2D eigenvalue weighted by atomic mass is 10.2. The molecule has 5 heteroatoms. The number of hydrogen-bond acceptors (Lipinski definition) is 5. The average Bonchev–Trinajstić information content (AvgIpc) is 2.37. The summed E-state index contributed by atoms with van der Waals surface area (Å²) in [5.41, 5.74) is 2.17. The third-order valence-electron chi connectivity index (χ3n) is 2.26. The monoisotopic (exact) mass is 231 g/mol. The molecule has 0 N–H and O–H groups in total. The molecule has 5 nitrogen and oxygen atoms in total. The first-order chi connectivity index (χ1) is 8.26. The van der Waals surface area contributed by atoms with E-state index in [1.807, 2.05) is 13.0 Å². The van der Waals surface area contributed by atoms with Crippen LogP contribution in [0.1, 0.15) is 12.5 Å². The SMILES string of the molecule is C=C(OCC)c1ccnc2cnc(OC)nc12. The molecule has 0 atom stereocenters. The van der Waals surface area contributed by atoms with E-state index in [4.69, 9.17) is 9.47 Å². The van der Waals surface area contributed by atoms with E-state index in [9.17, 15) is 0 Å². The molecule has 2 rings (SSSR count). The number of ether oxygens (including phenoxy) is 2. The molecule has 0 spiro atoms. The van der Waals surface area contributed by atoms with Gasteiger partial charge in [-0.3, -0.25) is 4.98 Å². The van der Waals surface area contributed by atoms with Crippen LogP contribution in [0.4, 0.5) is 0 Å². The van der Waals surface area contributed by atoms with Crippen molar-refractivity contribution >= 4 is 16.8 Å². The van der Waals surface area contributed by atoms with Gasteiger partial charge >= 0.3 is 6.01 Å². The molecule has 0 bridgehead atoms. The number of rotatable bonds is 4. The highest BCUT2D eigenvalue weighted by atomic mass is 16.5. The smallest absolute Gasteiger partial charge is 0.316 e. The minimum Gasteiger partial charge on any atom is -0.494 e. The first kappa shape index (κ1) is 11.3. The molecule has 0 aliphatic carbocycles. The minimum atomic E-state index is 0.302. The maximum Gasteiger partial charge on any atom is 0.316 e. The van der Waals surface area contributed by atoms with Crippen molar-refractivity contribution in [2.75, 3.05) is 13.7 Å². The lowest BCUT2D eigenvalue weighted by Gasteiger charge is -2.09. The maximum absolute atomic E-state index is 5.39. The molecule has 0 saturated heterocycles. The van der Waals surface area contributed by atoms with E-state index in [-0.39, 0.29) is 0 Å². The fourth-order valence-corrected chi connectivity index (χ4v) is 1.50. The summed E-state index contributed by atoms with van der Waals surface area (Å²) in [7, 11) is 1.52. The van der Waals surface area contributed by atoms with Crippen LogP contribution in [0.25, 0.3) is 16.8 Å². The number of aromatic nitrogens is 3. The van der Waals surface area contributed by atoms with Crippen molar-refractivity contribution in [3.05, 3.63) is 30.6 Å². The Labute approximate surface area is 99.1 Å². The van der Waals surface area contributed by atoms with E-state index in [2.05, 4.69) is 21.5 Å². The number of nitrogens with zero attached hydrogens (tertiary/aromatic N) is 3. The molecule has 0 radical (unpaired) electrons. The summed E-state index contributed by atoms with van der Waals surface area (Å²) in [5.74, 6) is 0.570. The summed E-state index contributed by atoms with van der Waals surface area (Å²) in [6.07, 6.45) is 3.29. The second kappa shape index (κ2) is 4.78. The molecule has 88 valence electrons. The van der Waals surface area contributed by atoms with Crippen molar-refractivity contribution in [1.29, 1.82) is 0 Å². The second-order valence-electron chi connectivity index (χ2n) is 3.31. The molecule has 0 fully saturated rings.